The molecule has 7 heteroatoms. The molecule has 4 rings (SSSR count). The molecule has 0 spiro atoms. The first kappa shape index (κ1) is 18.2. The monoisotopic (exact) mass is 379 g/mol. The first-order valence-corrected chi connectivity index (χ1v) is 9.24. The minimum absolute atomic E-state index is 0.298. The fourth-order valence-electron chi connectivity index (χ4n) is 3.21. The highest BCUT2D eigenvalue weighted by Crippen LogP contribution is 2.29. The maximum Gasteiger partial charge on any atom is 0.136 e. The van der Waals surface area contributed by atoms with Gasteiger partial charge in [0, 0.05) is 24.8 Å². The summed E-state index contributed by atoms with van der Waals surface area (Å²) >= 11 is 0. The summed E-state index contributed by atoms with van der Waals surface area (Å²) in [4.78, 5) is 11.2. The van der Waals surface area contributed by atoms with Gasteiger partial charge in [-0.15, -0.1) is 0 Å². The van der Waals surface area contributed by atoms with Gasteiger partial charge in [0.2, 0.25) is 0 Å². The van der Waals surface area contributed by atoms with Crippen LogP contribution < -0.4 is 15.5 Å². The Morgan fingerprint density at radius 2 is 1.68 bits per heavy atom. The number of nitrogens with one attached hydrogen (secondary N) is 2. The molecule has 144 valence electrons. The number of ether oxygens (including phenoxy) is 1. The summed E-state index contributed by atoms with van der Waals surface area (Å²) in [6.07, 6.45) is 0. The topological polar surface area (TPSA) is 62.3 Å². The van der Waals surface area contributed by atoms with E-state index in [-0.39, 0.29) is 5.82 Å². The first-order chi connectivity index (χ1) is 13.7. The molecule has 0 radical (unpaired) electrons. The molecule has 0 amide bonds. The van der Waals surface area contributed by atoms with Crippen molar-refractivity contribution in [2.24, 2.45) is 0 Å². The zero-order valence-electron chi connectivity index (χ0n) is 15.7. The maximum absolute atomic E-state index is 13.4. The number of rotatable bonds is 5. The molecule has 0 atom stereocenters. The second-order valence-electron chi connectivity index (χ2n) is 6.56. The van der Waals surface area contributed by atoms with E-state index in [1.807, 2.05) is 31.2 Å². The maximum atomic E-state index is 13.4. The summed E-state index contributed by atoms with van der Waals surface area (Å²) in [6, 6.07) is 16.2. The van der Waals surface area contributed by atoms with E-state index in [1.165, 1.54) is 12.1 Å². The number of halogens is 1. The van der Waals surface area contributed by atoms with Crippen molar-refractivity contribution in [1.29, 1.82) is 0 Å². The predicted octanol–water partition coefficient (Wildman–Crippen LogP) is 4.25. The quantitative estimate of drug-likeness (QED) is 0.691. The van der Waals surface area contributed by atoms with E-state index in [2.05, 4.69) is 31.6 Å². The molecule has 0 aliphatic carbocycles. The Labute approximate surface area is 163 Å². The van der Waals surface area contributed by atoms with E-state index in [9.17, 15) is 4.39 Å². The van der Waals surface area contributed by atoms with Gasteiger partial charge in [-0.2, -0.15) is 0 Å². The van der Waals surface area contributed by atoms with Crippen LogP contribution in [-0.4, -0.2) is 36.3 Å². The SMILES string of the molecule is Cc1nc(Nc2cccc(F)c2)cc(Nc2ccccc2N2CCOCC2)n1. The third-order valence-corrected chi connectivity index (χ3v) is 4.45. The third-order valence-electron chi connectivity index (χ3n) is 4.45. The number of hydrogen-bond acceptors (Lipinski definition) is 6. The highest BCUT2D eigenvalue weighted by Gasteiger charge is 2.15. The van der Waals surface area contributed by atoms with Crippen molar-refractivity contribution in [3.8, 4) is 0 Å². The molecule has 28 heavy (non-hydrogen) atoms. The Balaban J connectivity index is 1.58. The minimum atomic E-state index is -0.298. The average molecular weight is 379 g/mol. The molecular weight excluding hydrogens is 357 g/mol. The van der Waals surface area contributed by atoms with Crippen LogP contribution in [0.3, 0.4) is 0 Å². The van der Waals surface area contributed by atoms with Crippen LogP contribution in [0.25, 0.3) is 0 Å². The van der Waals surface area contributed by atoms with Crippen LogP contribution in [0, 0.1) is 12.7 Å². The summed E-state index contributed by atoms with van der Waals surface area (Å²) < 4.78 is 18.9. The van der Waals surface area contributed by atoms with Gasteiger partial charge in [0.15, 0.2) is 0 Å². The fourth-order valence-corrected chi connectivity index (χ4v) is 3.21. The molecule has 2 heterocycles. The molecular formula is C21H22FN5O. The summed E-state index contributed by atoms with van der Waals surface area (Å²) in [6.45, 7) is 4.99. The average Bonchev–Trinajstić information content (AvgIpc) is 2.69. The van der Waals surface area contributed by atoms with Gasteiger partial charge < -0.3 is 20.3 Å². The summed E-state index contributed by atoms with van der Waals surface area (Å²) in [5.74, 6) is 1.60. The van der Waals surface area contributed by atoms with Crippen LogP contribution >= 0.6 is 0 Å². The van der Waals surface area contributed by atoms with E-state index < -0.39 is 0 Å². The van der Waals surface area contributed by atoms with Crippen molar-refractivity contribution in [2.75, 3.05) is 41.8 Å². The molecule has 1 aromatic heterocycles. The molecule has 0 bridgehead atoms. The van der Waals surface area contributed by atoms with Crippen molar-refractivity contribution in [1.82, 2.24) is 9.97 Å². The van der Waals surface area contributed by atoms with Crippen LogP contribution in [0.4, 0.5) is 33.1 Å². The number of aryl methyl sites for hydroxylation is 1. The lowest BCUT2D eigenvalue weighted by molar-refractivity contribution is 0.123. The molecule has 1 aliphatic rings. The van der Waals surface area contributed by atoms with Gasteiger partial charge >= 0.3 is 0 Å². The van der Waals surface area contributed by atoms with Crippen LogP contribution in [0.2, 0.25) is 0 Å². The van der Waals surface area contributed by atoms with Crippen LogP contribution in [-0.2, 0) is 4.74 Å². The molecule has 1 aliphatic heterocycles. The van der Waals surface area contributed by atoms with Crippen molar-refractivity contribution < 1.29 is 9.13 Å². The summed E-state index contributed by atoms with van der Waals surface area (Å²) in [5.41, 5.74) is 2.72. The summed E-state index contributed by atoms with van der Waals surface area (Å²) in [5, 5.41) is 6.53. The van der Waals surface area contributed by atoms with E-state index in [1.54, 1.807) is 12.1 Å². The van der Waals surface area contributed by atoms with E-state index in [0.717, 1.165) is 37.7 Å². The Morgan fingerprint density at radius 1 is 0.929 bits per heavy atom. The summed E-state index contributed by atoms with van der Waals surface area (Å²) in [7, 11) is 0. The Hall–Kier alpha value is -3.19. The second kappa shape index (κ2) is 8.22. The van der Waals surface area contributed by atoms with Crippen molar-refractivity contribution in [3.63, 3.8) is 0 Å². The molecule has 6 nitrogen and oxygen atoms in total. The Bertz CT molecular complexity index is 959. The lowest BCUT2D eigenvalue weighted by Gasteiger charge is -2.30. The number of para-hydroxylation sites is 2. The van der Waals surface area contributed by atoms with Crippen molar-refractivity contribution in [3.05, 3.63) is 66.2 Å². The van der Waals surface area contributed by atoms with Gasteiger partial charge in [-0.05, 0) is 37.3 Å². The van der Waals surface area contributed by atoms with Crippen LogP contribution in [0.5, 0.6) is 0 Å². The highest BCUT2D eigenvalue weighted by molar-refractivity contribution is 5.75. The van der Waals surface area contributed by atoms with Crippen LogP contribution in [0.1, 0.15) is 5.82 Å². The number of hydrogen-bond donors (Lipinski definition) is 2. The number of aromatic nitrogens is 2. The van der Waals surface area contributed by atoms with Crippen LogP contribution in [0.15, 0.2) is 54.6 Å². The zero-order chi connectivity index (χ0) is 19.3. The predicted molar refractivity (Wildman–Crippen MR) is 109 cm³/mol. The van der Waals surface area contributed by atoms with E-state index >= 15 is 0 Å². The smallest absolute Gasteiger partial charge is 0.136 e. The number of morpholine rings is 1. The van der Waals surface area contributed by atoms with Gasteiger partial charge in [-0.3, -0.25) is 0 Å². The lowest BCUT2D eigenvalue weighted by Crippen LogP contribution is -2.36. The Kier molecular flexibility index (Phi) is 5.34. The van der Waals surface area contributed by atoms with Gasteiger partial charge in [-0.25, -0.2) is 14.4 Å². The molecule has 0 saturated carbocycles. The molecule has 3 aromatic rings. The highest BCUT2D eigenvalue weighted by atomic mass is 19.1. The molecule has 1 fully saturated rings. The fraction of sp³-hybridized carbons (Fsp3) is 0.238. The molecule has 2 N–H and O–H groups in total. The number of anilines is 5. The van der Waals surface area contributed by atoms with Crippen molar-refractivity contribution in [2.45, 2.75) is 6.92 Å². The first-order valence-electron chi connectivity index (χ1n) is 9.24. The molecule has 0 unspecified atom stereocenters. The normalized spacial score (nSPS) is 14.0. The second-order valence-corrected chi connectivity index (χ2v) is 6.56. The van der Waals surface area contributed by atoms with Gasteiger partial charge in [-0.1, -0.05) is 18.2 Å². The lowest BCUT2D eigenvalue weighted by atomic mass is 10.2. The van der Waals surface area contributed by atoms with E-state index in [0.29, 0.717) is 23.1 Å². The molecule has 1 saturated heterocycles. The minimum Gasteiger partial charge on any atom is -0.378 e. The van der Waals surface area contributed by atoms with Gasteiger partial charge in [0.25, 0.3) is 0 Å². The van der Waals surface area contributed by atoms with E-state index in [4.69, 9.17) is 4.74 Å². The largest absolute Gasteiger partial charge is 0.378 e. The molecule has 2 aromatic carbocycles. The third kappa shape index (κ3) is 4.37. The van der Waals surface area contributed by atoms with Gasteiger partial charge in [0.05, 0.1) is 24.6 Å². The zero-order valence-corrected chi connectivity index (χ0v) is 15.7. The number of benzene rings is 2. The van der Waals surface area contributed by atoms with Crippen molar-refractivity contribution >= 4 is 28.7 Å². The standard InChI is InChI=1S/C21H22FN5O/c1-15-23-20(25-17-6-4-5-16(22)13-17)14-21(24-15)26-18-7-2-3-8-19(18)27-9-11-28-12-10-27/h2-8,13-14H,9-12H2,1H3,(H2,23,24,25,26). The number of nitrogens with zero attached hydrogens (tertiary/aromatic N) is 3. The Morgan fingerprint density at radius 3 is 2.46 bits per heavy atom. The van der Waals surface area contributed by atoms with Gasteiger partial charge in [0.1, 0.15) is 23.3 Å².